The molecule has 0 aliphatic rings. The minimum absolute atomic E-state index is 0.132. The molecule has 0 aliphatic carbocycles. The van der Waals surface area contributed by atoms with Crippen LogP contribution >= 0.6 is 0 Å². The van der Waals surface area contributed by atoms with Crippen LogP contribution in [-0.2, 0) is 9.84 Å². The van der Waals surface area contributed by atoms with Crippen molar-refractivity contribution in [3.05, 3.63) is 23.5 Å². The van der Waals surface area contributed by atoms with Crippen molar-refractivity contribution in [1.29, 1.82) is 0 Å². The second-order valence-electron chi connectivity index (χ2n) is 3.37. The molecular weight excluding hydrogens is 237 g/mol. The molecule has 0 amide bonds. The monoisotopic (exact) mass is 249 g/mol. The Kier molecular flexibility index (Phi) is 3.51. The van der Waals surface area contributed by atoms with Gasteiger partial charge in [0.1, 0.15) is 16.5 Å². The Hall–Kier alpha value is -1.18. The van der Waals surface area contributed by atoms with Crippen molar-refractivity contribution in [2.45, 2.75) is 11.0 Å². The number of halogens is 1. The van der Waals surface area contributed by atoms with Gasteiger partial charge in [-0.05, 0) is 6.07 Å². The largest absolute Gasteiger partial charge is 0.508 e. The van der Waals surface area contributed by atoms with Gasteiger partial charge in [-0.25, -0.2) is 12.8 Å². The molecule has 5 nitrogen and oxygen atoms in total. The van der Waals surface area contributed by atoms with E-state index in [9.17, 15) is 23.0 Å². The highest BCUT2D eigenvalue weighted by Crippen LogP contribution is 2.29. The van der Waals surface area contributed by atoms with Crippen LogP contribution in [0.1, 0.15) is 11.7 Å². The highest BCUT2D eigenvalue weighted by molar-refractivity contribution is 7.90. The summed E-state index contributed by atoms with van der Waals surface area (Å²) in [4.78, 5) is -0.613. The molecule has 0 saturated heterocycles. The maximum Gasteiger partial charge on any atom is 0.178 e. The maximum absolute atomic E-state index is 13.4. The SMILES string of the molecule is CS(=O)(=O)c1cc(O)c(C(O)CN)cc1F. The average Bonchev–Trinajstić information content (AvgIpc) is 2.18. The second kappa shape index (κ2) is 4.36. The molecule has 1 aromatic carbocycles. The van der Waals surface area contributed by atoms with Crippen molar-refractivity contribution in [3.8, 4) is 5.75 Å². The van der Waals surface area contributed by atoms with Gasteiger partial charge in [0.25, 0.3) is 0 Å². The number of nitrogens with two attached hydrogens (primary N) is 1. The second-order valence-corrected chi connectivity index (χ2v) is 5.35. The fraction of sp³-hybridized carbons (Fsp3) is 0.333. The van der Waals surface area contributed by atoms with Crippen LogP contribution in [0, 0.1) is 5.82 Å². The number of aliphatic hydroxyl groups excluding tert-OH is 1. The van der Waals surface area contributed by atoms with Crippen molar-refractivity contribution in [3.63, 3.8) is 0 Å². The number of hydrogen-bond acceptors (Lipinski definition) is 5. The Morgan fingerprint density at radius 3 is 2.50 bits per heavy atom. The van der Waals surface area contributed by atoms with Crippen molar-refractivity contribution < 1.29 is 23.0 Å². The smallest absolute Gasteiger partial charge is 0.178 e. The van der Waals surface area contributed by atoms with E-state index in [4.69, 9.17) is 5.73 Å². The minimum atomic E-state index is -3.75. The predicted octanol–water partition coefficient (Wildman–Crippen LogP) is -0.0731. The molecule has 0 saturated carbocycles. The van der Waals surface area contributed by atoms with E-state index in [0.717, 1.165) is 18.4 Å². The normalized spacial score (nSPS) is 13.8. The average molecular weight is 249 g/mol. The zero-order chi connectivity index (χ0) is 12.5. The standard InChI is InChI=1S/C9H12FNO4S/c1-16(14,15)9-3-7(12)5(2-6(9)10)8(13)4-11/h2-3,8,12-13H,4,11H2,1H3. The highest BCUT2D eigenvalue weighted by atomic mass is 32.2. The van der Waals surface area contributed by atoms with E-state index >= 15 is 0 Å². The Morgan fingerprint density at radius 2 is 2.06 bits per heavy atom. The summed E-state index contributed by atoms with van der Waals surface area (Å²) in [6, 6.07) is 1.53. The third-order valence-corrected chi connectivity index (χ3v) is 3.17. The maximum atomic E-state index is 13.4. The van der Waals surface area contributed by atoms with Crippen molar-refractivity contribution in [1.82, 2.24) is 0 Å². The molecular formula is C9H12FNO4S. The summed E-state index contributed by atoms with van der Waals surface area (Å²) in [6.07, 6.45) is -0.410. The summed E-state index contributed by atoms with van der Waals surface area (Å²) < 4.78 is 35.6. The van der Waals surface area contributed by atoms with E-state index in [1.807, 2.05) is 0 Å². The Balaban J connectivity index is 3.39. The lowest BCUT2D eigenvalue weighted by Crippen LogP contribution is -2.12. The Bertz CT molecular complexity index is 500. The molecule has 0 spiro atoms. The number of phenolic OH excluding ortho intramolecular Hbond substituents is 1. The summed E-state index contributed by atoms with van der Waals surface area (Å²) in [5.41, 5.74) is 5.01. The molecule has 0 heterocycles. The molecule has 7 heteroatoms. The zero-order valence-corrected chi connectivity index (χ0v) is 9.33. The number of phenols is 1. The lowest BCUT2D eigenvalue weighted by molar-refractivity contribution is 0.182. The van der Waals surface area contributed by atoms with E-state index in [1.54, 1.807) is 0 Å². The molecule has 1 atom stereocenters. The first-order valence-electron chi connectivity index (χ1n) is 4.38. The molecule has 0 bridgehead atoms. The van der Waals surface area contributed by atoms with Crippen LogP contribution in [0.4, 0.5) is 4.39 Å². The third-order valence-electron chi connectivity index (χ3n) is 2.06. The number of hydrogen-bond donors (Lipinski definition) is 3. The van der Waals surface area contributed by atoms with Crippen LogP contribution in [-0.4, -0.2) is 31.4 Å². The van der Waals surface area contributed by atoms with E-state index in [2.05, 4.69) is 0 Å². The van der Waals surface area contributed by atoms with Crippen molar-refractivity contribution in [2.24, 2.45) is 5.73 Å². The van der Waals surface area contributed by atoms with Gasteiger partial charge in [0.05, 0.1) is 6.10 Å². The molecule has 1 aromatic rings. The first kappa shape index (κ1) is 12.9. The van der Waals surface area contributed by atoms with E-state index in [1.165, 1.54) is 0 Å². The van der Waals surface area contributed by atoms with E-state index < -0.39 is 32.4 Å². The summed E-state index contributed by atoms with van der Waals surface area (Å²) >= 11 is 0. The Morgan fingerprint density at radius 1 is 1.50 bits per heavy atom. The van der Waals surface area contributed by atoms with Gasteiger partial charge in [-0.3, -0.25) is 0 Å². The number of rotatable bonds is 3. The van der Waals surface area contributed by atoms with Crippen LogP contribution in [0.15, 0.2) is 17.0 Å². The van der Waals surface area contributed by atoms with Crippen molar-refractivity contribution >= 4 is 9.84 Å². The molecule has 1 rings (SSSR count). The van der Waals surface area contributed by atoms with Crippen LogP contribution < -0.4 is 5.73 Å². The highest BCUT2D eigenvalue weighted by Gasteiger charge is 2.20. The molecule has 4 N–H and O–H groups in total. The molecule has 0 aromatic heterocycles. The van der Waals surface area contributed by atoms with Gasteiger partial charge in [0, 0.05) is 24.4 Å². The molecule has 0 fully saturated rings. The first-order chi connectivity index (χ1) is 7.27. The molecule has 1 unspecified atom stereocenters. The quantitative estimate of drug-likeness (QED) is 0.696. The van der Waals surface area contributed by atoms with Gasteiger partial charge >= 0.3 is 0 Å². The Labute approximate surface area is 92.2 Å². The van der Waals surface area contributed by atoms with Gasteiger partial charge in [0.2, 0.25) is 0 Å². The lowest BCUT2D eigenvalue weighted by atomic mass is 10.1. The zero-order valence-electron chi connectivity index (χ0n) is 8.51. The first-order valence-corrected chi connectivity index (χ1v) is 6.27. The van der Waals surface area contributed by atoms with Crippen LogP contribution in [0.2, 0.25) is 0 Å². The van der Waals surface area contributed by atoms with E-state index in [-0.39, 0.29) is 12.1 Å². The predicted molar refractivity (Wildman–Crippen MR) is 55.2 cm³/mol. The number of aromatic hydroxyl groups is 1. The van der Waals surface area contributed by atoms with Gasteiger partial charge in [-0.2, -0.15) is 0 Å². The van der Waals surface area contributed by atoms with Crippen LogP contribution in [0.3, 0.4) is 0 Å². The number of sulfone groups is 1. The molecule has 0 radical (unpaired) electrons. The molecule has 90 valence electrons. The summed E-state index contributed by atoms with van der Waals surface area (Å²) in [6.45, 7) is -0.203. The minimum Gasteiger partial charge on any atom is -0.508 e. The molecule has 16 heavy (non-hydrogen) atoms. The third kappa shape index (κ3) is 2.49. The van der Waals surface area contributed by atoms with Crippen LogP contribution in [0.5, 0.6) is 5.75 Å². The lowest BCUT2D eigenvalue weighted by Gasteiger charge is -2.12. The van der Waals surface area contributed by atoms with Crippen LogP contribution in [0.25, 0.3) is 0 Å². The number of aliphatic hydroxyl groups is 1. The van der Waals surface area contributed by atoms with Crippen molar-refractivity contribution in [2.75, 3.05) is 12.8 Å². The summed E-state index contributed by atoms with van der Waals surface area (Å²) in [5, 5.41) is 18.8. The fourth-order valence-corrected chi connectivity index (χ4v) is 1.97. The van der Waals surface area contributed by atoms with Gasteiger partial charge < -0.3 is 15.9 Å². The number of benzene rings is 1. The van der Waals surface area contributed by atoms with Gasteiger partial charge in [0.15, 0.2) is 9.84 Å². The van der Waals surface area contributed by atoms with Gasteiger partial charge in [-0.15, -0.1) is 0 Å². The fourth-order valence-electron chi connectivity index (χ4n) is 1.24. The summed E-state index contributed by atoms with van der Waals surface area (Å²) in [7, 11) is -3.75. The topological polar surface area (TPSA) is 101 Å². The van der Waals surface area contributed by atoms with E-state index in [0.29, 0.717) is 0 Å². The molecule has 0 aliphatic heterocycles. The van der Waals surface area contributed by atoms with Gasteiger partial charge in [-0.1, -0.05) is 0 Å². The summed E-state index contributed by atoms with van der Waals surface area (Å²) in [5.74, 6) is -1.53.